The van der Waals surface area contributed by atoms with E-state index in [1.54, 1.807) is 86.8 Å². The van der Waals surface area contributed by atoms with E-state index in [2.05, 4.69) is 4.84 Å². The van der Waals surface area contributed by atoms with Crippen molar-refractivity contribution in [1.29, 1.82) is 0 Å². The van der Waals surface area contributed by atoms with Crippen LogP contribution in [-0.4, -0.2) is 29.1 Å². The van der Waals surface area contributed by atoms with Crippen molar-refractivity contribution in [3.63, 3.8) is 0 Å². The van der Waals surface area contributed by atoms with E-state index in [1.165, 1.54) is 0 Å². The molecule has 8 nitrogen and oxygen atoms in total. The van der Waals surface area contributed by atoms with E-state index < -0.39 is 17.0 Å². The van der Waals surface area contributed by atoms with E-state index in [4.69, 9.17) is 9.84 Å². The van der Waals surface area contributed by atoms with Gasteiger partial charge in [0.2, 0.25) is 0 Å². The number of hydrogen-bond donors (Lipinski definition) is 1. The van der Waals surface area contributed by atoms with Gasteiger partial charge in [-0.2, -0.15) is 0 Å². The number of carboxylic acid groups (broad SMARTS) is 1. The van der Waals surface area contributed by atoms with Crippen molar-refractivity contribution in [2.24, 2.45) is 0 Å². The molecular weight excluding hydrogens is 414 g/mol. The predicted octanol–water partition coefficient (Wildman–Crippen LogP) is 4.51. The first-order valence-electron chi connectivity index (χ1n) is 9.64. The number of aliphatic carboxylic acids is 1. The molecule has 0 unspecified atom stereocenters. The third-order valence-corrected chi connectivity index (χ3v) is 4.55. The van der Waals surface area contributed by atoms with Crippen LogP contribution in [0.1, 0.15) is 39.9 Å². The van der Waals surface area contributed by atoms with Crippen LogP contribution in [0.2, 0.25) is 0 Å². The van der Waals surface area contributed by atoms with Gasteiger partial charge in [-0.05, 0) is 36.2 Å². The molecule has 0 saturated carbocycles. The molecule has 0 spiro atoms. The Balaban J connectivity index is 0.000000244. The van der Waals surface area contributed by atoms with Crippen molar-refractivity contribution in [2.45, 2.75) is 19.4 Å². The molecule has 0 fully saturated rings. The molecule has 1 atom stereocenters. The molecule has 0 bridgehead atoms. The average molecular weight is 437 g/mol. The van der Waals surface area contributed by atoms with Gasteiger partial charge in [0.1, 0.15) is 12.4 Å². The van der Waals surface area contributed by atoms with Crippen LogP contribution in [0.25, 0.3) is 0 Å². The molecule has 3 aromatic rings. The number of ketones is 1. The maximum atomic E-state index is 12.2. The van der Waals surface area contributed by atoms with Crippen molar-refractivity contribution in [3.05, 3.63) is 111 Å². The van der Waals surface area contributed by atoms with Crippen LogP contribution in [0.15, 0.2) is 78.9 Å². The van der Waals surface area contributed by atoms with Gasteiger partial charge in [0, 0.05) is 11.1 Å². The van der Waals surface area contributed by atoms with Crippen LogP contribution < -0.4 is 4.74 Å². The fraction of sp³-hybridized carbons (Fsp3) is 0.167. The second-order valence-electron chi connectivity index (χ2n) is 6.73. The molecule has 166 valence electrons. The van der Waals surface area contributed by atoms with E-state index in [9.17, 15) is 19.7 Å². The van der Waals surface area contributed by atoms with Crippen molar-refractivity contribution < 1.29 is 29.4 Å². The van der Waals surface area contributed by atoms with Gasteiger partial charge < -0.3 is 14.7 Å². The van der Waals surface area contributed by atoms with Gasteiger partial charge in [-0.3, -0.25) is 9.59 Å². The molecule has 0 radical (unpaired) electrons. The second kappa shape index (κ2) is 11.8. The summed E-state index contributed by atoms with van der Waals surface area (Å²) in [7, 11) is 1.56. The maximum absolute atomic E-state index is 12.2. The Hall–Kier alpha value is -4.20. The minimum absolute atomic E-state index is 0.0308. The second-order valence-corrected chi connectivity index (χ2v) is 6.73. The van der Waals surface area contributed by atoms with Crippen molar-refractivity contribution in [2.75, 3.05) is 7.11 Å². The van der Waals surface area contributed by atoms with Gasteiger partial charge in [0.15, 0.2) is 5.78 Å². The number of carboxylic acids is 1. The number of carbonyl (C=O) groups is 2. The third kappa shape index (κ3) is 7.24. The van der Waals surface area contributed by atoms with E-state index in [-0.39, 0.29) is 12.4 Å². The quantitative estimate of drug-likeness (QED) is 0.313. The zero-order valence-electron chi connectivity index (χ0n) is 17.6. The number of benzene rings is 3. The van der Waals surface area contributed by atoms with Gasteiger partial charge in [-0.1, -0.05) is 60.7 Å². The first kappa shape index (κ1) is 24.1. The van der Waals surface area contributed by atoms with E-state index in [0.29, 0.717) is 22.4 Å². The summed E-state index contributed by atoms with van der Waals surface area (Å²) in [5.74, 6) is -0.905. The molecule has 0 saturated heterocycles. The lowest BCUT2D eigenvalue weighted by Crippen LogP contribution is -2.09. The summed E-state index contributed by atoms with van der Waals surface area (Å²) >= 11 is 0. The molecule has 0 amide bonds. The van der Waals surface area contributed by atoms with Crippen LogP contribution >= 0.6 is 0 Å². The Morgan fingerprint density at radius 1 is 0.969 bits per heavy atom. The highest BCUT2D eigenvalue weighted by atomic mass is 16.9. The first-order chi connectivity index (χ1) is 15.3. The number of methoxy groups -OCH3 is 1. The molecule has 0 heterocycles. The first-order valence-corrected chi connectivity index (χ1v) is 9.64. The van der Waals surface area contributed by atoms with E-state index in [0.717, 1.165) is 5.56 Å². The number of rotatable bonds is 8. The van der Waals surface area contributed by atoms with Gasteiger partial charge >= 0.3 is 5.97 Å². The van der Waals surface area contributed by atoms with Gasteiger partial charge in [-0.25, -0.2) is 0 Å². The Morgan fingerprint density at radius 3 is 2.16 bits per heavy atom. The third-order valence-electron chi connectivity index (χ3n) is 4.55. The lowest BCUT2D eigenvalue weighted by atomic mass is 9.96. The monoisotopic (exact) mass is 437 g/mol. The molecule has 3 rings (SSSR count). The maximum Gasteiger partial charge on any atom is 0.310 e. The van der Waals surface area contributed by atoms with Gasteiger partial charge in [0.05, 0.1) is 13.0 Å². The molecule has 1 N–H and O–H groups in total. The summed E-state index contributed by atoms with van der Waals surface area (Å²) < 4.78 is 4.92. The molecule has 0 aliphatic rings. The number of carbonyl (C=O) groups excluding carboxylic acids is 1. The highest BCUT2D eigenvalue weighted by Gasteiger charge is 2.16. The fourth-order valence-corrected chi connectivity index (χ4v) is 2.70. The molecule has 0 aromatic heterocycles. The Morgan fingerprint density at radius 2 is 1.59 bits per heavy atom. The normalized spacial score (nSPS) is 10.8. The lowest BCUT2D eigenvalue weighted by molar-refractivity contribution is -0.763. The summed E-state index contributed by atoms with van der Waals surface area (Å²) in [4.78, 5) is 37.2. The highest BCUT2D eigenvalue weighted by Crippen LogP contribution is 2.19. The standard InChI is InChI=1S/C16H14O3.C8H9NO4/c1-11(16(18)19)13-8-5-9-14(10-13)15(17)12-6-3-2-4-7-12;1-12-8-4-2-7(3-5-8)6-13-9(10)11/h2-11H,1H3,(H,18,19);2-5H,6H2,1H3/t11-;/m0./s1. The van der Waals surface area contributed by atoms with Crippen molar-refractivity contribution in [1.82, 2.24) is 0 Å². The van der Waals surface area contributed by atoms with Crippen LogP contribution in [-0.2, 0) is 16.2 Å². The predicted molar refractivity (Wildman–Crippen MR) is 117 cm³/mol. The molecule has 0 aliphatic carbocycles. The largest absolute Gasteiger partial charge is 0.497 e. The smallest absolute Gasteiger partial charge is 0.310 e. The minimum atomic E-state index is -0.899. The summed E-state index contributed by atoms with van der Waals surface area (Å²) in [6.45, 7) is 1.57. The fourth-order valence-electron chi connectivity index (χ4n) is 2.70. The summed E-state index contributed by atoms with van der Waals surface area (Å²) in [5.41, 5.74) is 2.48. The summed E-state index contributed by atoms with van der Waals surface area (Å²) in [5, 5.41) is 18.0. The lowest BCUT2D eigenvalue weighted by Gasteiger charge is -2.08. The number of hydrogen-bond acceptors (Lipinski definition) is 6. The Labute approximate surface area is 185 Å². The van der Waals surface area contributed by atoms with Crippen LogP contribution in [0.4, 0.5) is 0 Å². The molecular formula is C24H23NO7. The molecule has 3 aromatic carbocycles. The Kier molecular flexibility index (Phi) is 8.91. The molecule has 0 aliphatic heterocycles. The summed E-state index contributed by atoms with van der Waals surface area (Å²) in [6.07, 6.45) is 0. The van der Waals surface area contributed by atoms with E-state index in [1.807, 2.05) is 6.07 Å². The number of ether oxygens (including phenoxy) is 1. The van der Waals surface area contributed by atoms with Crippen molar-refractivity contribution in [3.8, 4) is 5.75 Å². The topological polar surface area (TPSA) is 116 Å². The van der Waals surface area contributed by atoms with Gasteiger partial charge in [0.25, 0.3) is 5.09 Å². The molecule has 32 heavy (non-hydrogen) atoms. The van der Waals surface area contributed by atoms with Gasteiger partial charge in [-0.15, -0.1) is 10.1 Å². The minimum Gasteiger partial charge on any atom is -0.497 e. The van der Waals surface area contributed by atoms with Crippen LogP contribution in [0.3, 0.4) is 0 Å². The highest BCUT2D eigenvalue weighted by molar-refractivity contribution is 6.09. The molecule has 8 heteroatoms. The van der Waals surface area contributed by atoms with E-state index >= 15 is 0 Å². The SMILES string of the molecule is COc1ccc(CO[N+](=O)[O-])cc1.C[C@H](C(=O)O)c1cccc(C(=O)c2ccccc2)c1. The Bertz CT molecular complexity index is 1050. The average Bonchev–Trinajstić information content (AvgIpc) is 2.83. The number of nitrogens with zero attached hydrogens (tertiary/aromatic N) is 1. The summed E-state index contributed by atoms with van der Waals surface area (Å²) in [6, 6.07) is 22.6. The van der Waals surface area contributed by atoms with Crippen LogP contribution in [0.5, 0.6) is 5.75 Å². The zero-order valence-corrected chi connectivity index (χ0v) is 17.6. The zero-order chi connectivity index (χ0) is 23.5. The van der Waals surface area contributed by atoms with Crippen LogP contribution in [0, 0.1) is 10.1 Å². The van der Waals surface area contributed by atoms with Crippen molar-refractivity contribution >= 4 is 11.8 Å².